The summed E-state index contributed by atoms with van der Waals surface area (Å²) >= 11 is 0. The van der Waals surface area contributed by atoms with Crippen LogP contribution in [0.15, 0.2) is 18.3 Å². The lowest BCUT2D eigenvalue weighted by molar-refractivity contribution is -0.116. The zero-order valence-electron chi connectivity index (χ0n) is 12.1. The Labute approximate surface area is 115 Å². The molecule has 1 heterocycles. The van der Waals surface area contributed by atoms with E-state index < -0.39 is 0 Å². The van der Waals surface area contributed by atoms with Gasteiger partial charge in [-0.2, -0.15) is 0 Å². The molecule has 0 aromatic carbocycles. The average molecular weight is 264 g/mol. The summed E-state index contributed by atoms with van der Waals surface area (Å²) in [5.74, 6) is 0.624. The van der Waals surface area contributed by atoms with Crippen LogP contribution in [0.3, 0.4) is 0 Å². The molecule has 2 N–H and O–H groups in total. The van der Waals surface area contributed by atoms with E-state index in [1.165, 1.54) is 0 Å². The summed E-state index contributed by atoms with van der Waals surface area (Å²) in [7, 11) is 4.13. The minimum Gasteiger partial charge on any atom is -0.384 e. The van der Waals surface area contributed by atoms with E-state index in [1.54, 1.807) is 6.20 Å². The number of amides is 1. The maximum atomic E-state index is 11.4. The number of hydrogen-bond donors (Lipinski definition) is 2. The number of rotatable bonds is 8. The first-order valence-electron chi connectivity index (χ1n) is 6.76. The maximum Gasteiger partial charge on any atom is 0.225 e. The van der Waals surface area contributed by atoms with Gasteiger partial charge in [0, 0.05) is 13.0 Å². The minimum absolute atomic E-state index is 0.0155. The van der Waals surface area contributed by atoms with Gasteiger partial charge in [0.25, 0.3) is 0 Å². The van der Waals surface area contributed by atoms with Crippen LogP contribution < -0.4 is 10.6 Å². The van der Waals surface area contributed by atoms with Gasteiger partial charge in [0.05, 0.1) is 11.9 Å². The molecule has 0 saturated heterocycles. The number of pyridine rings is 1. The molecular formula is C14H24N4O. The van der Waals surface area contributed by atoms with Gasteiger partial charge in [-0.1, -0.05) is 6.92 Å². The standard InChI is InChI=1S/C14H24N4O/c1-4-6-14(19)17-13-8-7-12(11-16-13)15-9-5-10-18(2)3/h7-8,11,15H,4-6,9-10H2,1-3H3,(H,16,17,19). The molecular weight excluding hydrogens is 240 g/mol. The van der Waals surface area contributed by atoms with Crippen molar-refractivity contribution in [1.82, 2.24) is 9.88 Å². The van der Waals surface area contributed by atoms with E-state index in [0.29, 0.717) is 12.2 Å². The first-order chi connectivity index (χ1) is 9.11. The third-order valence-electron chi connectivity index (χ3n) is 2.62. The second kappa shape index (κ2) is 8.48. The third-order valence-corrected chi connectivity index (χ3v) is 2.62. The second-order valence-corrected chi connectivity index (χ2v) is 4.81. The topological polar surface area (TPSA) is 57.3 Å². The Morgan fingerprint density at radius 1 is 1.37 bits per heavy atom. The van der Waals surface area contributed by atoms with Crippen LogP contribution in [0.5, 0.6) is 0 Å². The van der Waals surface area contributed by atoms with Crippen LogP contribution in [0.25, 0.3) is 0 Å². The highest BCUT2D eigenvalue weighted by Crippen LogP contribution is 2.10. The SMILES string of the molecule is CCCC(=O)Nc1ccc(NCCCN(C)C)cn1. The van der Waals surface area contributed by atoms with Crippen LogP contribution in [-0.4, -0.2) is 43.0 Å². The lowest BCUT2D eigenvalue weighted by Gasteiger charge is -2.10. The van der Waals surface area contributed by atoms with Crippen LogP contribution in [0, 0.1) is 0 Å². The Bertz CT molecular complexity index is 376. The Kier molecular flexibility index (Phi) is 6.89. The summed E-state index contributed by atoms with van der Waals surface area (Å²) in [5.41, 5.74) is 0.979. The normalized spacial score (nSPS) is 10.5. The molecule has 0 aliphatic heterocycles. The van der Waals surface area contributed by atoms with Gasteiger partial charge in [0.2, 0.25) is 5.91 Å². The lowest BCUT2D eigenvalue weighted by atomic mass is 10.3. The van der Waals surface area contributed by atoms with E-state index >= 15 is 0 Å². The fourth-order valence-electron chi connectivity index (χ4n) is 1.63. The number of aromatic nitrogens is 1. The van der Waals surface area contributed by atoms with E-state index in [4.69, 9.17) is 0 Å². The number of hydrogen-bond acceptors (Lipinski definition) is 4. The Balaban J connectivity index is 2.33. The van der Waals surface area contributed by atoms with Crippen molar-refractivity contribution in [2.24, 2.45) is 0 Å². The van der Waals surface area contributed by atoms with Gasteiger partial charge >= 0.3 is 0 Å². The molecule has 1 aromatic heterocycles. The lowest BCUT2D eigenvalue weighted by Crippen LogP contribution is -2.16. The minimum atomic E-state index is 0.0155. The summed E-state index contributed by atoms with van der Waals surface area (Å²) in [5, 5.41) is 6.07. The molecule has 1 amide bonds. The Morgan fingerprint density at radius 2 is 2.16 bits per heavy atom. The van der Waals surface area contributed by atoms with Crippen LogP contribution in [-0.2, 0) is 4.79 Å². The van der Waals surface area contributed by atoms with Crippen molar-refractivity contribution < 1.29 is 4.79 Å². The second-order valence-electron chi connectivity index (χ2n) is 4.81. The molecule has 0 aliphatic rings. The fourth-order valence-corrected chi connectivity index (χ4v) is 1.63. The van der Waals surface area contributed by atoms with Gasteiger partial charge in [-0.15, -0.1) is 0 Å². The highest BCUT2D eigenvalue weighted by molar-refractivity contribution is 5.89. The molecule has 0 unspecified atom stereocenters. The molecule has 0 bridgehead atoms. The average Bonchev–Trinajstić information content (AvgIpc) is 2.36. The third kappa shape index (κ3) is 6.76. The van der Waals surface area contributed by atoms with Crippen molar-refractivity contribution in [3.8, 4) is 0 Å². The molecule has 1 aromatic rings. The first kappa shape index (κ1) is 15.4. The highest BCUT2D eigenvalue weighted by Gasteiger charge is 2.01. The van der Waals surface area contributed by atoms with E-state index in [1.807, 2.05) is 19.1 Å². The summed E-state index contributed by atoms with van der Waals surface area (Å²) in [6.07, 6.45) is 4.21. The molecule has 5 nitrogen and oxygen atoms in total. The van der Waals surface area contributed by atoms with Gasteiger partial charge in [-0.05, 0) is 45.6 Å². The molecule has 0 radical (unpaired) electrons. The van der Waals surface area contributed by atoms with E-state index in [-0.39, 0.29) is 5.91 Å². The van der Waals surface area contributed by atoms with Crippen LogP contribution >= 0.6 is 0 Å². The predicted octanol–water partition coefficient (Wildman–Crippen LogP) is 2.18. The monoisotopic (exact) mass is 264 g/mol. The molecule has 1 rings (SSSR count). The van der Waals surface area contributed by atoms with Crippen LogP contribution in [0.1, 0.15) is 26.2 Å². The molecule has 0 aliphatic carbocycles. The Hall–Kier alpha value is -1.62. The smallest absolute Gasteiger partial charge is 0.225 e. The van der Waals surface area contributed by atoms with Gasteiger partial charge in [0.15, 0.2) is 0 Å². The van der Waals surface area contributed by atoms with Crippen LogP contribution in [0.2, 0.25) is 0 Å². The number of nitrogens with one attached hydrogen (secondary N) is 2. The molecule has 0 fully saturated rings. The van der Waals surface area contributed by atoms with Gasteiger partial charge < -0.3 is 15.5 Å². The zero-order valence-corrected chi connectivity index (χ0v) is 12.1. The summed E-state index contributed by atoms with van der Waals surface area (Å²) in [4.78, 5) is 17.8. The van der Waals surface area contributed by atoms with Crippen molar-refractivity contribution in [2.75, 3.05) is 37.8 Å². The molecule has 0 saturated carbocycles. The van der Waals surface area contributed by atoms with Crippen LogP contribution in [0.4, 0.5) is 11.5 Å². The zero-order chi connectivity index (χ0) is 14.1. The largest absolute Gasteiger partial charge is 0.384 e. The summed E-state index contributed by atoms with van der Waals surface area (Å²) < 4.78 is 0. The molecule has 5 heteroatoms. The molecule has 0 spiro atoms. The van der Waals surface area contributed by atoms with Gasteiger partial charge in [-0.25, -0.2) is 4.98 Å². The van der Waals surface area contributed by atoms with Crippen molar-refractivity contribution in [3.63, 3.8) is 0 Å². The summed E-state index contributed by atoms with van der Waals surface area (Å²) in [6.45, 7) is 3.96. The highest BCUT2D eigenvalue weighted by atomic mass is 16.1. The van der Waals surface area contributed by atoms with Crippen molar-refractivity contribution in [2.45, 2.75) is 26.2 Å². The quantitative estimate of drug-likeness (QED) is 0.707. The van der Waals surface area contributed by atoms with Crippen molar-refractivity contribution in [3.05, 3.63) is 18.3 Å². The summed E-state index contributed by atoms with van der Waals surface area (Å²) in [6, 6.07) is 3.76. The number of anilines is 2. The van der Waals surface area contributed by atoms with E-state index in [0.717, 1.165) is 31.6 Å². The Morgan fingerprint density at radius 3 is 2.74 bits per heavy atom. The molecule has 19 heavy (non-hydrogen) atoms. The van der Waals surface area contributed by atoms with Crippen molar-refractivity contribution in [1.29, 1.82) is 0 Å². The predicted molar refractivity (Wildman–Crippen MR) is 79.4 cm³/mol. The number of carbonyl (C=O) groups excluding carboxylic acids is 1. The number of nitrogens with zero attached hydrogens (tertiary/aromatic N) is 2. The number of carbonyl (C=O) groups is 1. The van der Waals surface area contributed by atoms with Crippen molar-refractivity contribution >= 4 is 17.4 Å². The van der Waals surface area contributed by atoms with Gasteiger partial charge in [-0.3, -0.25) is 4.79 Å². The van der Waals surface area contributed by atoms with E-state index in [9.17, 15) is 4.79 Å². The molecule has 0 atom stereocenters. The fraction of sp³-hybridized carbons (Fsp3) is 0.571. The molecule has 106 valence electrons. The van der Waals surface area contributed by atoms with Gasteiger partial charge in [0.1, 0.15) is 5.82 Å². The maximum absolute atomic E-state index is 11.4. The first-order valence-corrected chi connectivity index (χ1v) is 6.76. The van der Waals surface area contributed by atoms with E-state index in [2.05, 4.69) is 34.6 Å².